The molecule has 1 amide bonds. The molecule has 0 saturated heterocycles. The van der Waals surface area contributed by atoms with Crippen molar-refractivity contribution in [1.29, 1.82) is 0 Å². The lowest BCUT2D eigenvalue weighted by Gasteiger charge is -2.12. The Hall–Kier alpha value is -1.83. The van der Waals surface area contributed by atoms with E-state index in [0.29, 0.717) is 11.3 Å². The van der Waals surface area contributed by atoms with Crippen molar-refractivity contribution in [2.45, 2.75) is 9.79 Å². The highest BCUT2D eigenvalue weighted by Gasteiger charge is 2.18. The standard InChI is InChI=1S/C16H18N2O3S2/c1-18(2)23(20,21)15-9-4-6-12(10-15)16(19)17-13-7-5-8-14(11-13)22-3/h4-11H,1-3H3,(H,17,19). The second-order valence-electron chi connectivity index (χ2n) is 5.00. The molecule has 0 saturated carbocycles. The zero-order chi connectivity index (χ0) is 17.0. The van der Waals surface area contributed by atoms with Gasteiger partial charge in [0.15, 0.2) is 0 Å². The molecular weight excluding hydrogens is 332 g/mol. The number of thioether (sulfide) groups is 1. The highest BCUT2D eigenvalue weighted by Crippen LogP contribution is 2.20. The number of anilines is 1. The van der Waals surface area contributed by atoms with Crippen LogP contribution in [0.25, 0.3) is 0 Å². The molecule has 0 atom stereocenters. The molecule has 23 heavy (non-hydrogen) atoms. The number of sulfonamides is 1. The van der Waals surface area contributed by atoms with Crippen LogP contribution in [0, 0.1) is 0 Å². The first-order chi connectivity index (χ1) is 10.8. The fraction of sp³-hybridized carbons (Fsp3) is 0.188. The molecule has 122 valence electrons. The molecule has 0 aromatic heterocycles. The molecule has 0 bridgehead atoms. The van der Waals surface area contributed by atoms with Crippen molar-refractivity contribution in [2.24, 2.45) is 0 Å². The normalized spacial score (nSPS) is 11.5. The van der Waals surface area contributed by atoms with Crippen LogP contribution in [0.15, 0.2) is 58.3 Å². The van der Waals surface area contributed by atoms with Crippen molar-refractivity contribution >= 4 is 33.4 Å². The Labute approximate surface area is 140 Å². The molecule has 2 aromatic rings. The maximum absolute atomic E-state index is 12.3. The third-order valence-corrected chi connectivity index (χ3v) is 5.74. The smallest absolute Gasteiger partial charge is 0.255 e. The lowest BCUT2D eigenvalue weighted by Crippen LogP contribution is -2.22. The Bertz CT molecular complexity index is 818. The summed E-state index contributed by atoms with van der Waals surface area (Å²) in [6, 6.07) is 13.5. The summed E-state index contributed by atoms with van der Waals surface area (Å²) in [4.78, 5) is 13.5. The van der Waals surface area contributed by atoms with Crippen LogP contribution in [0.5, 0.6) is 0 Å². The molecule has 2 aromatic carbocycles. The van der Waals surface area contributed by atoms with Crippen molar-refractivity contribution in [3.8, 4) is 0 Å². The highest BCUT2D eigenvalue weighted by atomic mass is 32.2. The number of rotatable bonds is 5. The lowest BCUT2D eigenvalue weighted by atomic mass is 10.2. The summed E-state index contributed by atoms with van der Waals surface area (Å²) in [5, 5.41) is 2.78. The zero-order valence-corrected chi connectivity index (χ0v) is 14.7. The van der Waals surface area contributed by atoms with E-state index in [0.717, 1.165) is 9.20 Å². The minimum atomic E-state index is -3.57. The molecule has 2 rings (SSSR count). The van der Waals surface area contributed by atoms with Crippen molar-refractivity contribution in [3.05, 3.63) is 54.1 Å². The van der Waals surface area contributed by atoms with E-state index in [2.05, 4.69) is 5.32 Å². The number of benzene rings is 2. The van der Waals surface area contributed by atoms with Gasteiger partial charge >= 0.3 is 0 Å². The summed E-state index contributed by atoms with van der Waals surface area (Å²) in [6.45, 7) is 0. The van der Waals surface area contributed by atoms with E-state index in [1.165, 1.54) is 26.2 Å². The SMILES string of the molecule is CSc1cccc(NC(=O)c2cccc(S(=O)(=O)N(C)C)c2)c1. The van der Waals surface area contributed by atoms with Crippen LogP contribution in [0.4, 0.5) is 5.69 Å². The average molecular weight is 350 g/mol. The Morgan fingerprint density at radius 3 is 2.43 bits per heavy atom. The monoisotopic (exact) mass is 350 g/mol. The van der Waals surface area contributed by atoms with Gasteiger partial charge in [-0.05, 0) is 42.7 Å². The van der Waals surface area contributed by atoms with Crippen LogP contribution in [0.1, 0.15) is 10.4 Å². The average Bonchev–Trinajstić information content (AvgIpc) is 2.55. The summed E-state index contributed by atoms with van der Waals surface area (Å²) < 4.78 is 25.4. The molecule has 0 heterocycles. The zero-order valence-electron chi connectivity index (χ0n) is 13.1. The number of nitrogens with zero attached hydrogens (tertiary/aromatic N) is 1. The van der Waals surface area contributed by atoms with Gasteiger partial charge in [0.25, 0.3) is 5.91 Å². The van der Waals surface area contributed by atoms with E-state index >= 15 is 0 Å². The number of amides is 1. The van der Waals surface area contributed by atoms with Crippen LogP contribution in [0.2, 0.25) is 0 Å². The Morgan fingerprint density at radius 1 is 1.09 bits per heavy atom. The van der Waals surface area contributed by atoms with Gasteiger partial charge in [0, 0.05) is 30.2 Å². The third-order valence-electron chi connectivity index (χ3n) is 3.20. The second-order valence-corrected chi connectivity index (χ2v) is 8.03. The molecule has 5 nitrogen and oxygen atoms in total. The van der Waals surface area contributed by atoms with Crippen LogP contribution in [0.3, 0.4) is 0 Å². The summed E-state index contributed by atoms with van der Waals surface area (Å²) in [5.41, 5.74) is 0.963. The van der Waals surface area contributed by atoms with Gasteiger partial charge in [0.2, 0.25) is 10.0 Å². The van der Waals surface area contributed by atoms with Crippen LogP contribution in [-0.2, 0) is 10.0 Å². The number of hydrogen-bond donors (Lipinski definition) is 1. The van der Waals surface area contributed by atoms with E-state index in [1.54, 1.807) is 30.0 Å². The molecule has 0 unspecified atom stereocenters. The quantitative estimate of drug-likeness (QED) is 0.842. The fourth-order valence-electron chi connectivity index (χ4n) is 1.91. The number of hydrogen-bond acceptors (Lipinski definition) is 4. The molecule has 0 aliphatic heterocycles. The minimum absolute atomic E-state index is 0.0908. The summed E-state index contributed by atoms with van der Waals surface area (Å²) in [7, 11) is -0.658. The molecule has 1 N–H and O–H groups in total. The number of carbonyl (C=O) groups is 1. The predicted molar refractivity (Wildman–Crippen MR) is 93.5 cm³/mol. The van der Waals surface area contributed by atoms with E-state index in [1.807, 2.05) is 24.5 Å². The summed E-state index contributed by atoms with van der Waals surface area (Å²) in [6.07, 6.45) is 1.95. The van der Waals surface area contributed by atoms with Gasteiger partial charge in [0.05, 0.1) is 4.90 Å². The molecule has 7 heteroatoms. The first kappa shape index (κ1) is 17.5. The van der Waals surface area contributed by atoms with Crippen molar-refractivity contribution in [1.82, 2.24) is 4.31 Å². The highest BCUT2D eigenvalue weighted by molar-refractivity contribution is 7.98. The first-order valence-corrected chi connectivity index (χ1v) is 9.49. The largest absolute Gasteiger partial charge is 0.322 e. The maximum Gasteiger partial charge on any atom is 0.255 e. The van der Waals surface area contributed by atoms with Crippen LogP contribution >= 0.6 is 11.8 Å². The first-order valence-electron chi connectivity index (χ1n) is 6.82. The van der Waals surface area contributed by atoms with Crippen molar-refractivity contribution in [2.75, 3.05) is 25.7 Å². The second kappa shape index (κ2) is 7.16. The third kappa shape index (κ3) is 4.13. The van der Waals surface area contributed by atoms with Gasteiger partial charge in [-0.1, -0.05) is 12.1 Å². The molecule has 0 aliphatic carbocycles. The number of nitrogens with one attached hydrogen (secondary N) is 1. The lowest BCUT2D eigenvalue weighted by molar-refractivity contribution is 0.102. The van der Waals surface area contributed by atoms with Crippen molar-refractivity contribution in [3.63, 3.8) is 0 Å². The van der Waals surface area contributed by atoms with Crippen molar-refractivity contribution < 1.29 is 13.2 Å². The van der Waals surface area contributed by atoms with Crippen LogP contribution in [-0.4, -0.2) is 39.0 Å². The van der Waals surface area contributed by atoms with E-state index in [-0.39, 0.29) is 10.8 Å². The summed E-state index contributed by atoms with van der Waals surface area (Å²) >= 11 is 1.58. The Kier molecular flexibility index (Phi) is 5.46. The van der Waals surface area contributed by atoms with Gasteiger partial charge in [-0.25, -0.2) is 12.7 Å². The molecule has 0 radical (unpaired) electrons. The Morgan fingerprint density at radius 2 is 1.78 bits per heavy atom. The van der Waals surface area contributed by atoms with Gasteiger partial charge in [-0.2, -0.15) is 0 Å². The minimum Gasteiger partial charge on any atom is -0.322 e. The molecule has 0 spiro atoms. The Balaban J connectivity index is 2.26. The van der Waals surface area contributed by atoms with Gasteiger partial charge < -0.3 is 5.32 Å². The maximum atomic E-state index is 12.3. The topological polar surface area (TPSA) is 66.5 Å². The van der Waals surface area contributed by atoms with Gasteiger partial charge in [-0.15, -0.1) is 11.8 Å². The fourth-order valence-corrected chi connectivity index (χ4v) is 3.32. The van der Waals surface area contributed by atoms with Gasteiger partial charge in [-0.3, -0.25) is 4.79 Å². The van der Waals surface area contributed by atoms with E-state index < -0.39 is 10.0 Å². The van der Waals surface area contributed by atoms with Crippen LogP contribution < -0.4 is 5.32 Å². The van der Waals surface area contributed by atoms with E-state index in [9.17, 15) is 13.2 Å². The predicted octanol–water partition coefficient (Wildman–Crippen LogP) is 2.91. The molecule has 0 aliphatic rings. The molecule has 0 fully saturated rings. The van der Waals surface area contributed by atoms with E-state index in [4.69, 9.17) is 0 Å². The molecular formula is C16H18N2O3S2. The van der Waals surface area contributed by atoms with Gasteiger partial charge in [0.1, 0.15) is 0 Å². The summed E-state index contributed by atoms with van der Waals surface area (Å²) in [5.74, 6) is -0.348. The number of carbonyl (C=O) groups excluding carboxylic acids is 1.